The minimum Gasteiger partial charge on any atom is -0.486 e. The number of aliphatic hydroxyl groups is 1. The highest BCUT2D eigenvalue weighted by Gasteiger charge is 2.45. The van der Waals surface area contributed by atoms with E-state index in [4.69, 9.17) is 14.2 Å². The average Bonchev–Trinajstić information content (AvgIpc) is 3.46. The van der Waals surface area contributed by atoms with E-state index in [-0.39, 0.29) is 36.0 Å². The summed E-state index contributed by atoms with van der Waals surface area (Å²) in [7, 11) is -4.21. The van der Waals surface area contributed by atoms with Crippen LogP contribution >= 0.6 is 0 Å². The first-order valence-corrected chi connectivity index (χ1v) is 13.7. The summed E-state index contributed by atoms with van der Waals surface area (Å²) in [5.41, 5.74) is 2.29. The Hall–Kier alpha value is -3.74. The van der Waals surface area contributed by atoms with Gasteiger partial charge in [0.1, 0.15) is 25.1 Å². The lowest BCUT2D eigenvalue weighted by Gasteiger charge is -2.24. The van der Waals surface area contributed by atoms with Crippen LogP contribution in [0.5, 0.6) is 11.5 Å². The quantitative estimate of drug-likeness (QED) is 0.347. The molecule has 12 heteroatoms. The zero-order chi connectivity index (χ0) is 27.9. The van der Waals surface area contributed by atoms with Gasteiger partial charge in [-0.15, -0.1) is 0 Å². The number of hydrogen-bond acceptors (Lipinski definition) is 8. The van der Waals surface area contributed by atoms with Gasteiger partial charge in [0.15, 0.2) is 18.1 Å². The van der Waals surface area contributed by atoms with Crippen LogP contribution in [0, 0.1) is 19.7 Å². The van der Waals surface area contributed by atoms with Crippen molar-refractivity contribution < 1.29 is 41.7 Å². The van der Waals surface area contributed by atoms with Crippen molar-refractivity contribution in [3.8, 4) is 17.2 Å². The first-order chi connectivity index (χ1) is 18.6. The van der Waals surface area contributed by atoms with E-state index in [2.05, 4.69) is 0 Å². The number of aliphatic hydroxyl groups excluding tert-OH is 1. The van der Waals surface area contributed by atoms with Crippen LogP contribution in [0.3, 0.4) is 0 Å². The lowest BCUT2D eigenvalue weighted by molar-refractivity contribution is -0.146. The van der Waals surface area contributed by atoms with E-state index < -0.39 is 40.5 Å². The van der Waals surface area contributed by atoms with Gasteiger partial charge in [0.25, 0.3) is 0 Å². The number of fused-ring (bicyclic) bond motifs is 1. The number of benzene rings is 2. The number of aryl methyl sites for hydroxylation is 1. The normalized spacial score (nSPS) is 19.2. The lowest BCUT2D eigenvalue weighted by atomic mass is 10.1. The summed E-state index contributed by atoms with van der Waals surface area (Å²) in [5, 5.41) is 10.2. The molecule has 5 rings (SSSR count). The second-order valence-electron chi connectivity index (χ2n) is 9.41. The maximum absolute atomic E-state index is 13.4. The fourth-order valence-electron chi connectivity index (χ4n) is 4.93. The molecule has 2 aliphatic rings. The number of rotatable bonds is 7. The smallest absolute Gasteiger partial charge is 0.325 e. The van der Waals surface area contributed by atoms with E-state index >= 15 is 0 Å². The van der Waals surface area contributed by atoms with E-state index in [9.17, 15) is 27.5 Å². The SMILES string of the molecule is Cc1cc(C(=O)COC(=O)[C@@H]2C[C@H](O)CN2S(=O)(=O)c2ccc3c(c2)OCCO3)c(C)n1-c1ccc(F)cc1. The fourth-order valence-corrected chi connectivity index (χ4v) is 6.57. The molecule has 2 aliphatic heterocycles. The van der Waals surface area contributed by atoms with Crippen molar-refractivity contribution >= 4 is 21.8 Å². The maximum atomic E-state index is 13.4. The summed E-state index contributed by atoms with van der Waals surface area (Å²) in [6, 6.07) is 10.3. The summed E-state index contributed by atoms with van der Waals surface area (Å²) in [6.07, 6.45) is -1.25. The molecule has 2 atom stereocenters. The molecule has 0 radical (unpaired) electrons. The highest BCUT2D eigenvalue weighted by Crippen LogP contribution is 2.35. The Bertz CT molecular complexity index is 1530. The van der Waals surface area contributed by atoms with Gasteiger partial charge in [-0.25, -0.2) is 12.8 Å². The molecule has 0 amide bonds. The summed E-state index contributed by atoms with van der Waals surface area (Å²) in [5.74, 6) is -1.12. The van der Waals surface area contributed by atoms with Crippen LogP contribution < -0.4 is 9.47 Å². The molecule has 0 unspecified atom stereocenters. The molecule has 3 aromatic rings. The van der Waals surface area contributed by atoms with E-state index in [0.29, 0.717) is 29.3 Å². The second-order valence-corrected chi connectivity index (χ2v) is 11.3. The van der Waals surface area contributed by atoms with Gasteiger partial charge in [-0.1, -0.05) is 0 Å². The van der Waals surface area contributed by atoms with E-state index in [1.54, 1.807) is 36.6 Å². The molecule has 0 spiro atoms. The van der Waals surface area contributed by atoms with Gasteiger partial charge in [0.05, 0.1) is 11.0 Å². The Morgan fingerprint density at radius 1 is 1.05 bits per heavy atom. The number of β-amino-alcohol motifs (C(OH)–C–C–N with tert-alkyl or cyclic N) is 1. The Balaban J connectivity index is 1.31. The molecule has 1 aromatic heterocycles. The van der Waals surface area contributed by atoms with Crippen molar-refractivity contribution in [2.45, 2.75) is 37.3 Å². The highest BCUT2D eigenvalue weighted by molar-refractivity contribution is 7.89. The van der Waals surface area contributed by atoms with Crippen LogP contribution in [0.4, 0.5) is 4.39 Å². The van der Waals surface area contributed by atoms with Crippen LogP contribution in [0.25, 0.3) is 5.69 Å². The largest absolute Gasteiger partial charge is 0.486 e. The van der Waals surface area contributed by atoms with Gasteiger partial charge in [0, 0.05) is 41.7 Å². The third kappa shape index (κ3) is 5.14. The number of hydrogen-bond donors (Lipinski definition) is 1. The van der Waals surface area contributed by atoms with Crippen LogP contribution in [-0.4, -0.2) is 72.7 Å². The molecule has 0 aliphatic carbocycles. The standard InChI is InChI=1S/C27H27FN2O8S/c1-16-11-22(17(2)30(16)19-5-3-18(28)4-6-19)24(32)15-38-27(33)23-12-20(31)14-29(23)39(34,35)21-7-8-25-26(13-21)37-10-9-36-25/h3-8,11,13,20,23,31H,9-10,12,14-15H2,1-2H3/t20-,23-/m0/s1. The summed E-state index contributed by atoms with van der Waals surface area (Å²) in [4.78, 5) is 25.8. The number of carbonyl (C=O) groups is 2. The van der Waals surface area contributed by atoms with Crippen LogP contribution in [-0.2, 0) is 19.6 Å². The number of esters is 1. The van der Waals surface area contributed by atoms with Gasteiger partial charge in [-0.2, -0.15) is 4.31 Å². The zero-order valence-electron chi connectivity index (χ0n) is 21.3. The molecule has 39 heavy (non-hydrogen) atoms. The van der Waals surface area contributed by atoms with Gasteiger partial charge in [-0.3, -0.25) is 9.59 Å². The first-order valence-electron chi connectivity index (χ1n) is 12.3. The topological polar surface area (TPSA) is 124 Å². The van der Waals surface area contributed by atoms with Crippen molar-refractivity contribution in [3.05, 3.63) is 71.3 Å². The molecule has 0 saturated carbocycles. The number of nitrogens with zero attached hydrogens (tertiary/aromatic N) is 2. The van der Waals surface area contributed by atoms with Gasteiger partial charge < -0.3 is 23.9 Å². The van der Waals surface area contributed by atoms with Crippen LogP contribution in [0.1, 0.15) is 28.2 Å². The second kappa shape index (κ2) is 10.4. The molecule has 2 aromatic carbocycles. The van der Waals surface area contributed by atoms with Crippen molar-refractivity contribution in [1.29, 1.82) is 0 Å². The predicted molar refractivity (Wildman–Crippen MR) is 136 cm³/mol. The number of ketones is 1. The lowest BCUT2D eigenvalue weighted by Crippen LogP contribution is -2.42. The third-order valence-electron chi connectivity index (χ3n) is 6.79. The molecule has 10 nitrogen and oxygen atoms in total. The van der Waals surface area contributed by atoms with Crippen molar-refractivity contribution in [1.82, 2.24) is 8.87 Å². The first kappa shape index (κ1) is 26.9. The monoisotopic (exact) mass is 558 g/mol. The van der Waals surface area contributed by atoms with Gasteiger partial charge in [0.2, 0.25) is 15.8 Å². The molecule has 1 saturated heterocycles. The number of Topliss-reactive ketones (excluding diaryl/α,β-unsaturated/α-hetero) is 1. The summed E-state index contributed by atoms with van der Waals surface area (Å²) < 4.78 is 59.0. The van der Waals surface area contributed by atoms with E-state index in [1.807, 2.05) is 0 Å². The Morgan fingerprint density at radius 2 is 1.74 bits per heavy atom. The molecule has 1 N–H and O–H groups in total. The fraction of sp³-hybridized carbons (Fsp3) is 0.333. The van der Waals surface area contributed by atoms with Crippen molar-refractivity contribution in [3.63, 3.8) is 0 Å². The van der Waals surface area contributed by atoms with Crippen LogP contribution in [0.2, 0.25) is 0 Å². The zero-order valence-corrected chi connectivity index (χ0v) is 22.1. The number of sulfonamides is 1. The summed E-state index contributed by atoms with van der Waals surface area (Å²) in [6.45, 7) is 3.22. The Morgan fingerprint density at radius 3 is 2.46 bits per heavy atom. The van der Waals surface area contributed by atoms with Gasteiger partial charge in [-0.05, 0) is 56.3 Å². The third-order valence-corrected chi connectivity index (χ3v) is 8.66. The average molecular weight is 559 g/mol. The molecule has 0 bridgehead atoms. The number of aromatic nitrogens is 1. The molecule has 3 heterocycles. The van der Waals surface area contributed by atoms with Gasteiger partial charge >= 0.3 is 5.97 Å². The van der Waals surface area contributed by atoms with E-state index in [0.717, 1.165) is 10.00 Å². The maximum Gasteiger partial charge on any atom is 0.325 e. The molecular formula is C27H27FN2O8S. The summed E-state index contributed by atoms with van der Waals surface area (Å²) >= 11 is 0. The highest BCUT2D eigenvalue weighted by atomic mass is 32.2. The van der Waals surface area contributed by atoms with E-state index in [1.165, 1.54) is 30.3 Å². The molecule has 1 fully saturated rings. The van der Waals surface area contributed by atoms with Crippen molar-refractivity contribution in [2.75, 3.05) is 26.4 Å². The van der Waals surface area contributed by atoms with Crippen molar-refractivity contribution in [2.24, 2.45) is 0 Å². The Labute approximate surface area is 224 Å². The minimum atomic E-state index is -4.21. The number of halogens is 1. The minimum absolute atomic E-state index is 0.122. The number of carbonyl (C=O) groups excluding carboxylic acids is 2. The number of ether oxygens (including phenoxy) is 3. The predicted octanol–water partition coefficient (Wildman–Crippen LogP) is 2.55. The Kier molecular flexibility index (Phi) is 7.19. The molecular weight excluding hydrogens is 531 g/mol. The van der Waals surface area contributed by atoms with Crippen LogP contribution in [0.15, 0.2) is 53.4 Å². The molecule has 206 valence electrons.